The minimum atomic E-state index is -0.114. The lowest BCUT2D eigenvalue weighted by molar-refractivity contribution is 0.760. The van der Waals surface area contributed by atoms with E-state index >= 15 is 0 Å². The number of rotatable bonds is 1. The van der Waals surface area contributed by atoms with Crippen LogP contribution in [0.2, 0.25) is 5.02 Å². The first-order chi connectivity index (χ1) is 6.58. The van der Waals surface area contributed by atoms with E-state index in [-0.39, 0.29) is 6.04 Å². The van der Waals surface area contributed by atoms with Crippen LogP contribution in [-0.4, -0.2) is 9.97 Å². The molecule has 0 spiro atoms. The average molecular weight is 275 g/mol. The zero-order valence-corrected chi connectivity index (χ0v) is 9.85. The third kappa shape index (κ3) is 1.65. The second-order valence-electron chi connectivity index (χ2n) is 3.19. The van der Waals surface area contributed by atoms with Gasteiger partial charge in [0.2, 0.25) is 0 Å². The van der Waals surface area contributed by atoms with Crippen LogP contribution in [0.5, 0.6) is 0 Å². The van der Waals surface area contributed by atoms with E-state index in [4.69, 9.17) is 17.3 Å². The van der Waals surface area contributed by atoms with Crippen LogP contribution in [0.25, 0.3) is 11.0 Å². The maximum Gasteiger partial charge on any atom is 0.124 e. The second kappa shape index (κ2) is 3.53. The van der Waals surface area contributed by atoms with Crippen molar-refractivity contribution in [1.29, 1.82) is 0 Å². The maximum absolute atomic E-state index is 6.03. The van der Waals surface area contributed by atoms with Gasteiger partial charge in [0.25, 0.3) is 0 Å². The van der Waals surface area contributed by atoms with Crippen molar-refractivity contribution in [3.05, 3.63) is 27.5 Å². The topological polar surface area (TPSA) is 54.7 Å². The molecule has 2 rings (SSSR count). The van der Waals surface area contributed by atoms with Crippen LogP contribution in [0.4, 0.5) is 0 Å². The maximum atomic E-state index is 6.03. The van der Waals surface area contributed by atoms with Gasteiger partial charge in [0.15, 0.2) is 0 Å². The number of aromatic nitrogens is 2. The number of nitrogens with one attached hydrogen (secondary N) is 1. The van der Waals surface area contributed by atoms with Gasteiger partial charge in [-0.25, -0.2) is 4.98 Å². The third-order valence-electron chi connectivity index (χ3n) is 1.95. The molecule has 1 atom stereocenters. The van der Waals surface area contributed by atoms with Crippen LogP contribution >= 0.6 is 27.5 Å². The molecule has 74 valence electrons. The van der Waals surface area contributed by atoms with Crippen molar-refractivity contribution in [2.24, 2.45) is 5.73 Å². The lowest BCUT2D eigenvalue weighted by atomic mass is 10.3. The van der Waals surface area contributed by atoms with E-state index in [1.54, 1.807) is 0 Å². The Balaban J connectivity index is 2.70. The molecule has 1 aromatic carbocycles. The van der Waals surface area contributed by atoms with Crippen molar-refractivity contribution in [3.8, 4) is 0 Å². The first kappa shape index (κ1) is 9.96. The van der Waals surface area contributed by atoms with E-state index in [1.165, 1.54) is 0 Å². The SMILES string of the molecule is CC(N)c1nc2c(Cl)cc(Br)cc2[nH]1. The summed E-state index contributed by atoms with van der Waals surface area (Å²) in [5.74, 6) is 0.750. The molecule has 0 aliphatic heterocycles. The highest BCUT2D eigenvalue weighted by Gasteiger charge is 2.09. The zero-order valence-electron chi connectivity index (χ0n) is 7.51. The van der Waals surface area contributed by atoms with Crippen molar-refractivity contribution in [1.82, 2.24) is 9.97 Å². The predicted octanol–water partition coefficient (Wildman–Crippen LogP) is 3.00. The fraction of sp³-hybridized carbons (Fsp3) is 0.222. The van der Waals surface area contributed by atoms with Crippen LogP contribution in [-0.2, 0) is 0 Å². The van der Waals surface area contributed by atoms with E-state index in [0.29, 0.717) is 5.02 Å². The summed E-state index contributed by atoms with van der Waals surface area (Å²) in [6.07, 6.45) is 0. The molecule has 0 aliphatic carbocycles. The van der Waals surface area contributed by atoms with Gasteiger partial charge in [-0.1, -0.05) is 27.5 Å². The highest BCUT2D eigenvalue weighted by Crippen LogP contribution is 2.27. The number of halogens is 2. The zero-order chi connectivity index (χ0) is 10.3. The number of fused-ring (bicyclic) bond motifs is 1. The molecular formula is C9H9BrClN3. The van der Waals surface area contributed by atoms with Gasteiger partial charge in [0.1, 0.15) is 11.3 Å². The molecule has 1 unspecified atom stereocenters. The Hall–Kier alpha value is -0.580. The standard InChI is InChI=1S/C9H9BrClN3/c1-4(12)9-13-7-3-5(10)2-6(11)8(7)14-9/h2-4H,12H2,1H3,(H,13,14). The van der Waals surface area contributed by atoms with Crippen LogP contribution in [0, 0.1) is 0 Å². The molecule has 0 bridgehead atoms. The van der Waals surface area contributed by atoms with Crippen molar-refractivity contribution in [2.75, 3.05) is 0 Å². The number of nitrogens with zero attached hydrogens (tertiary/aromatic N) is 1. The van der Waals surface area contributed by atoms with E-state index < -0.39 is 0 Å². The highest BCUT2D eigenvalue weighted by molar-refractivity contribution is 9.10. The Bertz CT molecular complexity index is 478. The van der Waals surface area contributed by atoms with Crippen molar-refractivity contribution in [2.45, 2.75) is 13.0 Å². The van der Waals surface area contributed by atoms with Gasteiger partial charge < -0.3 is 10.7 Å². The summed E-state index contributed by atoms with van der Waals surface area (Å²) in [5, 5.41) is 0.623. The molecule has 5 heteroatoms. The largest absolute Gasteiger partial charge is 0.341 e. The Labute approximate surface area is 94.8 Å². The third-order valence-corrected chi connectivity index (χ3v) is 2.70. The fourth-order valence-corrected chi connectivity index (χ4v) is 2.13. The van der Waals surface area contributed by atoms with E-state index in [1.807, 2.05) is 19.1 Å². The first-order valence-corrected chi connectivity index (χ1v) is 5.35. The Morgan fingerprint density at radius 3 is 2.93 bits per heavy atom. The summed E-state index contributed by atoms with van der Waals surface area (Å²) in [4.78, 5) is 7.45. The molecule has 0 saturated carbocycles. The molecule has 3 N–H and O–H groups in total. The smallest absolute Gasteiger partial charge is 0.124 e. The van der Waals surface area contributed by atoms with Crippen LogP contribution < -0.4 is 5.73 Å². The number of hydrogen-bond acceptors (Lipinski definition) is 2. The molecule has 0 radical (unpaired) electrons. The summed E-state index contributed by atoms with van der Waals surface area (Å²) in [5.41, 5.74) is 7.38. The molecule has 1 heterocycles. The minimum Gasteiger partial charge on any atom is -0.341 e. The lowest BCUT2D eigenvalue weighted by Crippen LogP contribution is -2.06. The number of nitrogens with two attached hydrogens (primary N) is 1. The van der Waals surface area contributed by atoms with Crippen LogP contribution in [0.3, 0.4) is 0 Å². The first-order valence-electron chi connectivity index (χ1n) is 4.18. The summed E-state index contributed by atoms with van der Waals surface area (Å²) in [7, 11) is 0. The molecule has 3 nitrogen and oxygen atoms in total. The fourth-order valence-electron chi connectivity index (χ4n) is 1.28. The normalized spacial score (nSPS) is 13.4. The Kier molecular flexibility index (Phi) is 2.51. The molecule has 0 saturated heterocycles. The van der Waals surface area contributed by atoms with E-state index in [2.05, 4.69) is 25.9 Å². The Morgan fingerprint density at radius 2 is 2.29 bits per heavy atom. The number of benzene rings is 1. The number of H-pyrrole nitrogens is 1. The van der Waals surface area contributed by atoms with Gasteiger partial charge in [-0.15, -0.1) is 0 Å². The van der Waals surface area contributed by atoms with Gasteiger partial charge in [-0.3, -0.25) is 0 Å². The number of aromatic amines is 1. The average Bonchev–Trinajstić information content (AvgIpc) is 2.47. The van der Waals surface area contributed by atoms with Crippen molar-refractivity contribution < 1.29 is 0 Å². The quantitative estimate of drug-likeness (QED) is 0.840. The minimum absolute atomic E-state index is 0.114. The highest BCUT2D eigenvalue weighted by atomic mass is 79.9. The van der Waals surface area contributed by atoms with Gasteiger partial charge in [-0.05, 0) is 19.1 Å². The molecule has 14 heavy (non-hydrogen) atoms. The Morgan fingerprint density at radius 1 is 1.57 bits per heavy atom. The number of hydrogen-bond donors (Lipinski definition) is 2. The summed E-state index contributed by atoms with van der Waals surface area (Å²) >= 11 is 9.39. The van der Waals surface area contributed by atoms with Crippen molar-refractivity contribution >= 4 is 38.6 Å². The molecule has 0 fully saturated rings. The summed E-state index contributed by atoms with van der Waals surface area (Å²) in [6.45, 7) is 1.88. The lowest BCUT2D eigenvalue weighted by Gasteiger charge is -1.96. The summed E-state index contributed by atoms with van der Waals surface area (Å²) < 4.78 is 0.926. The second-order valence-corrected chi connectivity index (χ2v) is 4.52. The molecule has 0 amide bonds. The van der Waals surface area contributed by atoms with Crippen LogP contribution in [0.15, 0.2) is 16.6 Å². The summed E-state index contributed by atoms with van der Waals surface area (Å²) in [6, 6.07) is 3.63. The monoisotopic (exact) mass is 273 g/mol. The van der Waals surface area contributed by atoms with Gasteiger partial charge in [0, 0.05) is 4.47 Å². The predicted molar refractivity (Wildman–Crippen MR) is 61.4 cm³/mol. The van der Waals surface area contributed by atoms with Crippen LogP contribution in [0.1, 0.15) is 18.8 Å². The van der Waals surface area contributed by atoms with Gasteiger partial charge in [0.05, 0.1) is 16.6 Å². The number of imidazole rings is 1. The van der Waals surface area contributed by atoms with E-state index in [9.17, 15) is 0 Å². The van der Waals surface area contributed by atoms with Gasteiger partial charge >= 0.3 is 0 Å². The molecule has 0 aliphatic rings. The van der Waals surface area contributed by atoms with E-state index in [0.717, 1.165) is 21.3 Å². The molecule has 2 aromatic rings. The molecular weight excluding hydrogens is 265 g/mol. The van der Waals surface area contributed by atoms with Gasteiger partial charge in [-0.2, -0.15) is 0 Å². The molecule has 1 aromatic heterocycles. The van der Waals surface area contributed by atoms with Crippen molar-refractivity contribution in [3.63, 3.8) is 0 Å².